The SMILES string of the molecule is COc1ccccc1C(C)NC(=O)c1ccsc1. The quantitative estimate of drug-likeness (QED) is 0.917. The van der Waals surface area contributed by atoms with Gasteiger partial charge < -0.3 is 10.1 Å². The van der Waals surface area contributed by atoms with Crippen molar-refractivity contribution in [1.29, 1.82) is 0 Å². The number of nitrogens with one attached hydrogen (secondary N) is 1. The first-order valence-electron chi connectivity index (χ1n) is 5.68. The maximum absolute atomic E-state index is 11.9. The molecule has 1 aromatic heterocycles. The molecular weight excluding hydrogens is 246 g/mol. The minimum atomic E-state index is -0.0893. The summed E-state index contributed by atoms with van der Waals surface area (Å²) >= 11 is 1.51. The zero-order valence-electron chi connectivity index (χ0n) is 10.3. The molecule has 94 valence electrons. The van der Waals surface area contributed by atoms with Crippen LogP contribution >= 0.6 is 11.3 Å². The number of ether oxygens (including phenoxy) is 1. The van der Waals surface area contributed by atoms with Crippen LogP contribution in [-0.2, 0) is 0 Å². The Labute approximate surface area is 110 Å². The molecule has 2 aromatic rings. The first-order chi connectivity index (χ1) is 8.72. The second kappa shape index (κ2) is 5.69. The third-order valence-electron chi connectivity index (χ3n) is 2.74. The summed E-state index contributed by atoms with van der Waals surface area (Å²) in [7, 11) is 1.63. The molecule has 0 saturated heterocycles. The van der Waals surface area contributed by atoms with Gasteiger partial charge in [-0.3, -0.25) is 4.79 Å². The highest BCUT2D eigenvalue weighted by Gasteiger charge is 2.14. The van der Waals surface area contributed by atoms with Crippen LogP contribution in [0.5, 0.6) is 5.75 Å². The molecule has 0 radical (unpaired) electrons. The number of carbonyl (C=O) groups excluding carboxylic acids is 1. The van der Waals surface area contributed by atoms with Crippen molar-refractivity contribution in [2.75, 3.05) is 7.11 Å². The molecule has 0 saturated carbocycles. The Morgan fingerprint density at radius 1 is 1.33 bits per heavy atom. The summed E-state index contributed by atoms with van der Waals surface area (Å²) in [6.07, 6.45) is 0. The van der Waals surface area contributed by atoms with E-state index in [2.05, 4.69) is 5.32 Å². The molecule has 1 aromatic carbocycles. The fraction of sp³-hybridized carbons (Fsp3) is 0.214. The van der Waals surface area contributed by atoms with Crippen LogP contribution in [0.2, 0.25) is 0 Å². The smallest absolute Gasteiger partial charge is 0.252 e. The lowest BCUT2D eigenvalue weighted by Crippen LogP contribution is -2.26. The normalized spacial score (nSPS) is 11.9. The molecule has 0 bridgehead atoms. The van der Waals surface area contributed by atoms with Crippen molar-refractivity contribution in [3.05, 3.63) is 52.2 Å². The van der Waals surface area contributed by atoms with Crippen molar-refractivity contribution in [3.63, 3.8) is 0 Å². The predicted molar refractivity (Wildman–Crippen MR) is 73.2 cm³/mol. The summed E-state index contributed by atoms with van der Waals surface area (Å²) in [5.74, 6) is 0.727. The Morgan fingerprint density at radius 2 is 2.11 bits per heavy atom. The summed E-state index contributed by atoms with van der Waals surface area (Å²) in [4.78, 5) is 11.9. The highest BCUT2D eigenvalue weighted by molar-refractivity contribution is 7.08. The number of hydrogen-bond acceptors (Lipinski definition) is 3. The molecule has 1 atom stereocenters. The van der Waals surface area contributed by atoms with Crippen molar-refractivity contribution in [2.24, 2.45) is 0 Å². The van der Waals surface area contributed by atoms with Gasteiger partial charge in [0.25, 0.3) is 5.91 Å². The molecule has 0 spiro atoms. The lowest BCUT2D eigenvalue weighted by atomic mass is 10.1. The molecule has 0 aliphatic carbocycles. The van der Waals surface area contributed by atoms with Gasteiger partial charge in [0.1, 0.15) is 5.75 Å². The molecule has 1 heterocycles. The minimum Gasteiger partial charge on any atom is -0.496 e. The summed E-state index contributed by atoms with van der Waals surface area (Å²) < 4.78 is 5.29. The number of hydrogen-bond donors (Lipinski definition) is 1. The van der Waals surface area contributed by atoms with E-state index < -0.39 is 0 Å². The first kappa shape index (κ1) is 12.6. The summed E-state index contributed by atoms with van der Waals surface area (Å²) in [5.41, 5.74) is 1.67. The van der Waals surface area contributed by atoms with Crippen LogP contribution in [0.15, 0.2) is 41.1 Å². The van der Waals surface area contributed by atoms with Gasteiger partial charge in [0, 0.05) is 10.9 Å². The van der Waals surface area contributed by atoms with Gasteiger partial charge in [-0.2, -0.15) is 11.3 Å². The highest BCUT2D eigenvalue weighted by Crippen LogP contribution is 2.24. The lowest BCUT2D eigenvalue weighted by molar-refractivity contribution is 0.0940. The van der Waals surface area contributed by atoms with Gasteiger partial charge in [-0.25, -0.2) is 0 Å². The van der Waals surface area contributed by atoms with Crippen molar-refractivity contribution >= 4 is 17.2 Å². The average Bonchev–Trinajstić information content (AvgIpc) is 2.92. The molecule has 0 aliphatic rings. The lowest BCUT2D eigenvalue weighted by Gasteiger charge is -2.16. The Balaban J connectivity index is 2.12. The fourth-order valence-corrected chi connectivity index (χ4v) is 2.41. The van der Waals surface area contributed by atoms with Gasteiger partial charge in [0.15, 0.2) is 0 Å². The topological polar surface area (TPSA) is 38.3 Å². The van der Waals surface area contributed by atoms with Gasteiger partial charge in [-0.05, 0) is 24.4 Å². The zero-order chi connectivity index (χ0) is 13.0. The van der Waals surface area contributed by atoms with Gasteiger partial charge in [0.05, 0.1) is 18.7 Å². The molecule has 1 N–H and O–H groups in total. The Bertz CT molecular complexity index is 522. The molecule has 1 unspecified atom stereocenters. The number of para-hydroxylation sites is 1. The summed E-state index contributed by atoms with van der Waals surface area (Å²) in [5, 5.41) is 6.69. The van der Waals surface area contributed by atoms with Crippen molar-refractivity contribution in [3.8, 4) is 5.75 Å². The average molecular weight is 261 g/mol. The predicted octanol–water partition coefficient (Wildman–Crippen LogP) is 3.25. The van der Waals surface area contributed by atoms with E-state index in [4.69, 9.17) is 4.74 Å². The fourth-order valence-electron chi connectivity index (χ4n) is 1.78. The minimum absolute atomic E-state index is 0.0605. The number of benzene rings is 1. The van der Waals surface area contributed by atoms with E-state index in [0.29, 0.717) is 5.56 Å². The summed E-state index contributed by atoms with van der Waals surface area (Å²) in [6, 6.07) is 9.42. The second-order valence-corrected chi connectivity index (χ2v) is 4.73. The van der Waals surface area contributed by atoms with Gasteiger partial charge >= 0.3 is 0 Å². The number of carbonyl (C=O) groups is 1. The van der Waals surface area contributed by atoms with Crippen LogP contribution in [0.25, 0.3) is 0 Å². The second-order valence-electron chi connectivity index (χ2n) is 3.95. The molecule has 4 heteroatoms. The van der Waals surface area contributed by atoms with Gasteiger partial charge in [-0.1, -0.05) is 18.2 Å². The Kier molecular flexibility index (Phi) is 3.99. The molecule has 0 aliphatic heterocycles. The van der Waals surface area contributed by atoms with Crippen LogP contribution in [0, 0.1) is 0 Å². The highest BCUT2D eigenvalue weighted by atomic mass is 32.1. The van der Waals surface area contributed by atoms with Crippen LogP contribution in [0.1, 0.15) is 28.9 Å². The number of thiophene rings is 1. The zero-order valence-corrected chi connectivity index (χ0v) is 11.2. The third kappa shape index (κ3) is 2.71. The van der Waals surface area contributed by atoms with Gasteiger partial charge in [0.2, 0.25) is 0 Å². The van der Waals surface area contributed by atoms with Crippen LogP contribution < -0.4 is 10.1 Å². The van der Waals surface area contributed by atoms with Crippen molar-refractivity contribution in [2.45, 2.75) is 13.0 Å². The molecule has 18 heavy (non-hydrogen) atoms. The molecule has 1 amide bonds. The van der Waals surface area contributed by atoms with E-state index in [1.807, 2.05) is 48.0 Å². The Morgan fingerprint density at radius 3 is 2.78 bits per heavy atom. The molecule has 2 rings (SSSR count). The van der Waals surface area contributed by atoms with Crippen LogP contribution in [0.4, 0.5) is 0 Å². The van der Waals surface area contributed by atoms with Crippen LogP contribution in [-0.4, -0.2) is 13.0 Å². The molecule has 3 nitrogen and oxygen atoms in total. The van der Waals surface area contributed by atoms with E-state index in [9.17, 15) is 4.79 Å². The molecular formula is C14H15NO2S. The number of amides is 1. The maximum Gasteiger partial charge on any atom is 0.252 e. The van der Waals surface area contributed by atoms with Crippen molar-refractivity contribution in [1.82, 2.24) is 5.32 Å². The van der Waals surface area contributed by atoms with Gasteiger partial charge in [-0.15, -0.1) is 0 Å². The standard InChI is InChI=1S/C14H15NO2S/c1-10(12-5-3-4-6-13(12)17-2)15-14(16)11-7-8-18-9-11/h3-10H,1-2H3,(H,15,16). The summed E-state index contributed by atoms with van der Waals surface area (Å²) in [6.45, 7) is 1.95. The van der Waals surface area contributed by atoms with E-state index in [-0.39, 0.29) is 11.9 Å². The van der Waals surface area contributed by atoms with E-state index in [0.717, 1.165) is 11.3 Å². The van der Waals surface area contributed by atoms with E-state index in [1.165, 1.54) is 11.3 Å². The number of rotatable bonds is 4. The maximum atomic E-state index is 11.9. The third-order valence-corrected chi connectivity index (χ3v) is 3.42. The monoisotopic (exact) mass is 261 g/mol. The Hall–Kier alpha value is -1.81. The van der Waals surface area contributed by atoms with E-state index >= 15 is 0 Å². The van der Waals surface area contributed by atoms with E-state index in [1.54, 1.807) is 7.11 Å². The van der Waals surface area contributed by atoms with Crippen LogP contribution in [0.3, 0.4) is 0 Å². The first-order valence-corrected chi connectivity index (χ1v) is 6.62. The largest absolute Gasteiger partial charge is 0.496 e. The van der Waals surface area contributed by atoms with Crippen molar-refractivity contribution < 1.29 is 9.53 Å². The number of methoxy groups -OCH3 is 1. The molecule has 0 fully saturated rings.